The summed E-state index contributed by atoms with van der Waals surface area (Å²) in [6, 6.07) is 9.54. The number of pyridine rings is 1. The molecule has 2 aromatic rings. The van der Waals surface area contributed by atoms with Gasteiger partial charge in [0.15, 0.2) is 0 Å². The molecule has 1 aromatic heterocycles. The van der Waals surface area contributed by atoms with Crippen molar-refractivity contribution >= 4 is 29.3 Å². The van der Waals surface area contributed by atoms with Gasteiger partial charge in [0.25, 0.3) is 0 Å². The third kappa shape index (κ3) is 6.05. The number of benzene rings is 1. The van der Waals surface area contributed by atoms with Gasteiger partial charge in [-0.2, -0.15) is 13.2 Å². The Morgan fingerprint density at radius 3 is 2.46 bits per heavy atom. The Morgan fingerprint density at radius 2 is 1.88 bits per heavy atom. The monoisotopic (exact) mass is 374 g/mol. The fraction of sp³-hybridized carbons (Fsp3) is 0.250. The van der Waals surface area contributed by atoms with Gasteiger partial charge in [0.1, 0.15) is 0 Å². The molecule has 1 heterocycles. The number of aromatic nitrogens is 1. The highest BCUT2D eigenvalue weighted by Crippen LogP contribution is 2.29. The predicted molar refractivity (Wildman–Crippen MR) is 88.1 cm³/mol. The Kier molecular flexibility index (Phi) is 6.51. The third-order valence-corrected chi connectivity index (χ3v) is 4.26. The zero-order valence-corrected chi connectivity index (χ0v) is 14.0. The average molecular weight is 375 g/mol. The van der Waals surface area contributed by atoms with E-state index < -0.39 is 11.7 Å². The van der Waals surface area contributed by atoms with Crippen molar-refractivity contribution in [3.05, 3.63) is 58.7 Å². The van der Waals surface area contributed by atoms with Gasteiger partial charge in [0.05, 0.1) is 16.3 Å². The van der Waals surface area contributed by atoms with Gasteiger partial charge in [0, 0.05) is 17.8 Å². The number of hydrogen-bond acceptors (Lipinski definition) is 3. The zero-order chi connectivity index (χ0) is 17.6. The highest BCUT2D eigenvalue weighted by Gasteiger charge is 2.30. The number of amides is 1. The third-order valence-electron chi connectivity index (χ3n) is 3.06. The Hall–Kier alpha value is -1.73. The van der Waals surface area contributed by atoms with Gasteiger partial charge in [-0.1, -0.05) is 35.5 Å². The predicted octanol–water partition coefficient (Wildman–Crippen LogP) is 4.20. The van der Waals surface area contributed by atoms with E-state index in [1.54, 1.807) is 12.1 Å². The minimum atomic E-state index is -4.41. The Labute approximate surface area is 146 Å². The van der Waals surface area contributed by atoms with E-state index in [9.17, 15) is 18.0 Å². The van der Waals surface area contributed by atoms with Crippen LogP contribution in [0.2, 0.25) is 5.02 Å². The van der Waals surface area contributed by atoms with Gasteiger partial charge >= 0.3 is 6.18 Å². The molecule has 0 aliphatic carbocycles. The number of halogens is 4. The first kappa shape index (κ1) is 18.6. The molecule has 8 heteroatoms. The largest absolute Gasteiger partial charge is 0.417 e. The number of nitrogens with one attached hydrogen (secondary N) is 1. The van der Waals surface area contributed by atoms with Crippen molar-refractivity contribution in [2.45, 2.75) is 17.6 Å². The van der Waals surface area contributed by atoms with Crippen LogP contribution in [0.3, 0.4) is 0 Å². The molecule has 0 aliphatic rings. The minimum absolute atomic E-state index is 0.0962. The second-order valence-electron chi connectivity index (χ2n) is 4.90. The standard InChI is InChI=1S/C16H14ClF3N2OS/c17-13-4-1-11(2-5-13)7-8-21-14(23)10-24-15-6-3-12(9-22-15)16(18,19)20/h1-6,9H,7-8,10H2,(H,21,23). The lowest BCUT2D eigenvalue weighted by Crippen LogP contribution is -2.27. The van der Waals surface area contributed by atoms with E-state index >= 15 is 0 Å². The molecule has 1 aromatic carbocycles. The number of hydrogen-bond donors (Lipinski definition) is 1. The van der Waals surface area contributed by atoms with Gasteiger partial charge in [-0.05, 0) is 36.2 Å². The molecule has 2 rings (SSSR count). The van der Waals surface area contributed by atoms with Crippen LogP contribution in [0.15, 0.2) is 47.6 Å². The summed E-state index contributed by atoms with van der Waals surface area (Å²) >= 11 is 6.88. The first-order chi connectivity index (χ1) is 11.3. The van der Waals surface area contributed by atoms with E-state index in [-0.39, 0.29) is 11.7 Å². The summed E-state index contributed by atoms with van der Waals surface area (Å²) < 4.78 is 37.3. The lowest BCUT2D eigenvalue weighted by atomic mass is 10.1. The second-order valence-corrected chi connectivity index (χ2v) is 6.33. The lowest BCUT2D eigenvalue weighted by molar-refractivity contribution is -0.137. The first-order valence-corrected chi connectivity index (χ1v) is 8.38. The molecule has 128 valence electrons. The Bertz CT molecular complexity index is 675. The lowest BCUT2D eigenvalue weighted by Gasteiger charge is -2.07. The number of rotatable bonds is 6. The van der Waals surface area contributed by atoms with Crippen LogP contribution in [0.4, 0.5) is 13.2 Å². The fourth-order valence-electron chi connectivity index (χ4n) is 1.82. The quantitative estimate of drug-likeness (QED) is 0.770. The maximum absolute atomic E-state index is 12.4. The van der Waals surface area contributed by atoms with Crippen LogP contribution in [-0.4, -0.2) is 23.2 Å². The van der Waals surface area contributed by atoms with E-state index in [0.717, 1.165) is 29.6 Å². The van der Waals surface area contributed by atoms with Crippen molar-refractivity contribution in [3.8, 4) is 0 Å². The highest BCUT2D eigenvalue weighted by molar-refractivity contribution is 7.99. The smallest absolute Gasteiger partial charge is 0.355 e. The van der Waals surface area contributed by atoms with Gasteiger partial charge in [-0.15, -0.1) is 0 Å². The van der Waals surface area contributed by atoms with E-state index in [0.29, 0.717) is 23.0 Å². The van der Waals surface area contributed by atoms with Crippen LogP contribution in [0.25, 0.3) is 0 Å². The summed E-state index contributed by atoms with van der Waals surface area (Å²) in [5, 5.41) is 3.78. The van der Waals surface area contributed by atoms with Crippen molar-refractivity contribution in [2.24, 2.45) is 0 Å². The number of nitrogens with zero attached hydrogens (tertiary/aromatic N) is 1. The number of thioether (sulfide) groups is 1. The van der Waals surface area contributed by atoms with E-state index in [4.69, 9.17) is 11.6 Å². The molecule has 0 bridgehead atoms. The molecule has 0 saturated carbocycles. The van der Waals surface area contributed by atoms with Crippen LogP contribution >= 0.6 is 23.4 Å². The van der Waals surface area contributed by atoms with Crippen LogP contribution in [0.1, 0.15) is 11.1 Å². The number of carbonyl (C=O) groups excluding carboxylic acids is 1. The van der Waals surface area contributed by atoms with Crippen molar-refractivity contribution in [1.82, 2.24) is 10.3 Å². The van der Waals surface area contributed by atoms with Gasteiger partial charge in [-0.3, -0.25) is 4.79 Å². The summed E-state index contributed by atoms with van der Waals surface area (Å²) in [5.74, 6) is -0.102. The Morgan fingerprint density at radius 1 is 1.17 bits per heavy atom. The van der Waals surface area contributed by atoms with Gasteiger partial charge in [-0.25, -0.2) is 4.98 Å². The van der Waals surface area contributed by atoms with Gasteiger partial charge in [0.2, 0.25) is 5.91 Å². The molecule has 0 radical (unpaired) electrons. The molecule has 0 fully saturated rings. The van der Waals surface area contributed by atoms with Crippen molar-refractivity contribution in [2.75, 3.05) is 12.3 Å². The summed E-state index contributed by atoms with van der Waals surface area (Å²) in [4.78, 5) is 15.4. The van der Waals surface area contributed by atoms with E-state index in [1.165, 1.54) is 6.07 Å². The molecule has 0 unspecified atom stereocenters. The molecule has 3 nitrogen and oxygen atoms in total. The summed E-state index contributed by atoms with van der Waals surface area (Å²) in [5.41, 5.74) is 0.246. The maximum Gasteiger partial charge on any atom is 0.417 e. The molecule has 0 spiro atoms. The summed E-state index contributed by atoms with van der Waals surface area (Å²) in [6.07, 6.45) is -2.97. The zero-order valence-electron chi connectivity index (χ0n) is 12.4. The normalized spacial score (nSPS) is 11.3. The van der Waals surface area contributed by atoms with E-state index in [2.05, 4.69) is 10.3 Å². The molecule has 24 heavy (non-hydrogen) atoms. The number of carbonyl (C=O) groups is 1. The first-order valence-electron chi connectivity index (χ1n) is 7.02. The van der Waals surface area contributed by atoms with Gasteiger partial charge < -0.3 is 5.32 Å². The molecule has 1 N–H and O–H groups in total. The SMILES string of the molecule is O=C(CSc1ccc(C(F)(F)F)cn1)NCCc1ccc(Cl)cc1. The highest BCUT2D eigenvalue weighted by atomic mass is 35.5. The average Bonchev–Trinajstić information content (AvgIpc) is 2.54. The second kappa shape index (κ2) is 8.39. The molecular formula is C16H14ClF3N2OS. The van der Waals surface area contributed by atoms with Crippen LogP contribution in [-0.2, 0) is 17.4 Å². The maximum atomic E-state index is 12.4. The van der Waals surface area contributed by atoms with Crippen LogP contribution < -0.4 is 5.32 Å². The molecule has 1 amide bonds. The van der Waals surface area contributed by atoms with Crippen molar-refractivity contribution in [1.29, 1.82) is 0 Å². The minimum Gasteiger partial charge on any atom is -0.355 e. The van der Waals surface area contributed by atoms with Crippen molar-refractivity contribution in [3.63, 3.8) is 0 Å². The summed E-state index contributed by atoms with van der Waals surface area (Å²) in [7, 11) is 0. The molecular weight excluding hydrogens is 361 g/mol. The Balaban J connectivity index is 1.72. The fourth-order valence-corrected chi connectivity index (χ4v) is 2.62. The number of alkyl halides is 3. The molecule has 0 saturated heterocycles. The van der Waals surface area contributed by atoms with Crippen LogP contribution in [0.5, 0.6) is 0 Å². The molecule has 0 aliphatic heterocycles. The summed E-state index contributed by atoms with van der Waals surface area (Å²) in [6.45, 7) is 0.474. The topological polar surface area (TPSA) is 42.0 Å². The molecule has 0 atom stereocenters. The van der Waals surface area contributed by atoms with E-state index in [1.807, 2.05) is 12.1 Å². The van der Waals surface area contributed by atoms with Crippen molar-refractivity contribution < 1.29 is 18.0 Å². The van der Waals surface area contributed by atoms with Crippen LogP contribution in [0, 0.1) is 0 Å².